The van der Waals surface area contributed by atoms with E-state index in [-0.39, 0.29) is 12.7 Å². The van der Waals surface area contributed by atoms with Gasteiger partial charge in [0.15, 0.2) is 11.5 Å². The monoisotopic (exact) mass is 271 g/mol. The minimum absolute atomic E-state index is 0.198. The Labute approximate surface area is 117 Å². The van der Waals surface area contributed by atoms with Crippen molar-refractivity contribution < 1.29 is 14.3 Å². The Kier molecular flexibility index (Phi) is 2.03. The lowest BCUT2D eigenvalue weighted by Gasteiger charge is -2.43. The number of hydrogen-bond donors (Lipinski definition) is 0. The van der Waals surface area contributed by atoms with E-state index >= 15 is 0 Å². The van der Waals surface area contributed by atoms with Crippen LogP contribution >= 0.6 is 0 Å². The molecule has 0 N–H and O–H groups in total. The van der Waals surface area contributed by atoms with Crippen molar-refractivity contribution >= 4 is 5.91 Å². The van der Waals surface area contributed by atoms with E-state index < -0.39 is 0 Å². The van der Waals surface area contributed by atoms with Crippen LogP contribution in [-0.2, 0) is 0 Å². The van der Waals surface area contributed by atoms with Gasteiger partial charge in [0.2, 0.25) is 6.79 Å². The number of ether oxygens (including phenoxy) is 2. The summed E-state index contributed by atoms with van der Waals surface area (Å²) in [7, 11) is 0. The first kappa shape index (κ1) is 11.0. The molecular weight excluding hydrogens is 254 g/mol. The number of benzene rings is 1. The van der Waals surface area contributed by atoms with Crippen LogP contribution < -0.4 is 9.47 Å². The Morgan fingerprint density at radius 3 is 3.05 bits per heavy atom. The molecule has 20 heavy (non-hydrogen) atoms. The highest BCUT2D eigenvalue weighted by molar-refractivity contribution is 5.99. The van der Waals surface area contributed by atoms with E-state index in [1.807, 2.05) is 12.1 Å². The third-order valence-corrected chi connectivity index (χ3v) is 5.53. The van der Waals surface area contributed by atoms with Crippen molar-refractivity contribution in [3.63, 3.8) is 0 Å². The van der Waals surface area contributed by atoms with Gasteiger partial charge >= 0.3 is 0 Å². The second-order valence-corrected chi connectivity index (χ2v) is 6.34. The molecule has 2 fully saturated rings. The Hall–Kier alpha value is -1.71. The molecule has 4 heteroatoms. The van der Waals surface area contributed by atoms with Crippen LogP contribution in [0, 0.1) is 5.92 Å². The highest BCUT2D eigenvalue weighted by Gasteiger charge is 2.50. The van der Waals surface area contributed by atoms with Crippen molar-refractivity contribution in [2.24, 2.45) is 5.92 Å². The number of nitrogens with zero attached hydrogens (tertiary/aromatic N) is 1. The molecule has 0 bridgehead atoms. The van der Waals surface area contributed by atoms with E-state index in [9.17, 15) is 4.79 Å². The molecular formula is C16H17NO3. The predicted molar refractivity (Wildman–Crippen MR) is 72.1 cm³/mol. The summed E-state index contributed by atoms with van der Waals surface area (Å²) in [6.07, 6.45) is 4.86. The number of hydrogen-bond acceptors (Lipinski definition) is 3. The van der Waals surface area contributed by atoms with Gasteiger partial charge < -0.3 is 14.4 Å². The largest absolute Gasteiger partial charge is 0.454 e. The molecule has 1 saturated carbocycles. The summed E-state index contributed by atoms with van der Waals surface area (Å²) in [6, 6.07) is 4.22. The van der Waals surface area contributed by atoms with Gasteiger partial charge in [0.05, 0.1) is 0 Å². The van der Waals surface area contributed by atoms with Gasteiger partial charge in [-0.15, -0.1) is 0 Å². The first-order valence-corrected chi connectivity index (χ1v) is 7.58. The highest BCUT2D eigenvalue weighted by atomic mass is 16.7. The van der Waals surface area contributed by atoms with Gasteiger partial charge in [-0.05, 0) is 37.3 Å². The summed E-state index contributed by atoms with van der Waals surface area (Å²) < 4.78 is 11.2. The van der Waals surface area contributed by atoms with E-state index in [1.165, 1.54) is 19.3 Å². The summed E-state index contributed by atoms with van der Waals surface area (Å²) in [4.78, 5) is 14.9. The average Bonchev–Trinajstić information content (AvgIpc) is 3.11. The fraction of sp³-hybridized carbons (Fsp3) is 0.562. The van der Waals surface area contributed by atoms with Gasteiger partial charge in [0.25, 0.3) is 5.91 Å². The number of carbonyl (C=O) groups is 1. The van der Waals surface area contributed by atoms with Crippen molar-refractivity contribution in [1.82, 2.24) is 4.90 Å². The summed E-state index contributed by atoms with van der Waals surface area (Å²) in [6.45, 7) is 1.21. The summed E-state index contributed by atoms with van der Waals surface area (Å²) >= 11 is 0. The van der Waals surface area contributed by atoms with E-state index in [0.29, 0.717) is 17.9 Å². The van der Waals surface area contributed by atoms with Crippen LogP contribution in [0.25, 0.3) is 0 Å². The highest BCUT2D eigenvalue weighted by Crippen LogP contribution is 2.53. The molecule has 104 valence electrons. The fourth-order valence-corrected chi connectivity index (χ4v) is 4.77. The van der Waals surface area contributed by atoms with Gasteiger partial charge in [-0.3, -0.25) is 4.79 Å². The van der Waals surface area contributed by atoms with E-state index in [0.717, 1.165) is 35.6 Å². The first-order chi connectivity index (χ1) is 9.84. The quantitative estimate of drug-likeness (QED) is 0.728. The van der Waals surface area contributed by atoms with Crippen molar-refractivity contribution in [3.8, 4) is 11.5 Å². The van der Waals surface area contributed by atoms with Gasteiger partial charge in [0, 0.05) is 29.6 Å². The molecule has 1 saturated heterocycles. The smallest absolute Gasteiger partial charge is 0.254 e. The first-order valence-electron chi connectivity index (χ1n) is 7.58. The fourth-order valence-electron chi connectivity index (χ4n) is 4.77. The minimum Gasteiger partial charge on any atom is -0.454 e. The van der Waals surface area contributed by atoms with Crippen LogP contribution in [-0.4, -0.2) is 30.2 Å². The molecule has 0 radical (unpaired) electrons. The zero-order chi connectivity index (χ0) is 13.3. The molecule has 3 atom stereocenters. The maximum absolute atomic E-state index is 12.8. The van der Waals surface area contributed by atoms with Gasteiger partial charge in [-0.1, -0.05) is 6.42 Å². The van der Waals surface area contributed by atoms with Crippen molar-refractivity contribution in [3.05, 3.63) is 23.3 Å². The Morgan fingerprint density at radius 1 is 1.15 bits per heavy atom. The van der Waals surface area contributed by atoms with Crippen LogP contribution in [0.4, 0.5) is 0 Å². The Balaban J connectivity index is 1.75. The molecule has 3 heterocycles. The molecule has 1 amide bonds. The van der Waals surface area contributed by atoms with Crippen molar-refractivity contribution in [2.75, 3.05) is 13.3 Å². The topological polar surface area (TPSA) is 38.8 Å². The summed E-state index contributed by atoms with van der Waals surface area (Å²) in [5.41, 5.74) is 1.98. The molecule has 1 aromatic rings. The molecule has 0 aromatic heterocycles. The third kappa shape index (κ3) is 1.20. The molecule has 5 rings (SSSR count). The maximum Gasteiger partial charge on any atom is 0.254 e. The van der Waals surface area contributed by atoms with Crippen molar-refractivity contribution in [1.29, 1.82) is 0 Å². The summed E-state index contributed by atoms with van der Waals surface area (Å²) in [5, 5.41) is 0. The SMILES string of the molecule is O=C1c2ccc3c(c2[C@@H]2CCC[C@@H]4CCN1[C@@H]42)OCO3. The number of rotatable bonds is 0. The average molecular weight is 271 g/mol. The van der Waals surface area contributed by atoms with Gasteiger partial charge in [-0.2, -0.15) is 0 Å². The normalized spacial score (nSPS) is 33.1. The minimum atomic E-state index is 0.198. The lowest BCUT2D eigenvalue weighted by Crippen LogP contribution is -2.47. The van der Waals surface area contributed by atoms with E-state index in [2.05, 4.69) is 4.90 Å². The van der Waals surface area contributed by atoms with E-state index in [1.54, 1.807) is 0 Å². The zero-order valence-electron chi connectivity index (χ0n) is 11.3. The number of amides is 1. The van der Waals surface area contributed by atoms with Crippen LogP contribution in [0.2, 0.25) is 0 Å². The van der Waals surface area contributed by atoms with Crippen LogP contribution in [0.3, 0.4) is 0 Å². The van der Waals surface area contributed by atoms with Crippen LogP contribution in [0.5, 0.6) is 11.5 Å². The molecule has 0 unspecified atom stereocenters. The zero-order valence-corrected chi connectivity index (χ0v) is 11.3. The summed E-state index contributed by atoms with van der Waals surface area (Å²) in [5.74, 6) is 2.98. The van der Waals surface area contributed by atoms with Crippen molar-refractivity contribution in [2.45, 2.75) is 37.6 Å². The molecule has 3 aliphatic heterocycles. The third-order valence-electron chi connectivity index (χ3n) is 5.53. The van der Waals surface area contributed by atoms with Gasteiger partial charge in [-0.25, -0.2) is 0 Å². The molecule has 4 nitrogen and oxygen atoms in total. The molecule has 0 spiro atoms. The lowest BCUT2D eigenvalue weighted by molar-refractivity contribution is 0.0614. The number of carbonyl (C=O) groups excluding carboxylic acids is 1. The second kappa shape index (κ2) is 3.68. The lowest BCUT2D eigenvalue weighted by atomic mass is 9.71. The molecule has 1 aromatic carbocycles. The van der Waals surface area contributed by atoms with Gasteiger partial charge in [0.1, 0.15) is 0 Å². The Morgan fingerprint density at radius 2 is 2.10 bits per heavy atom. The predicted octanol–water partition coefficient (Wildman–Crippen LogP) is 2.53. The Bertz CT molecular complexity index is 612. The number of fused-ring (bicyclic) bond motifs is 4. The standard InChI is InChI=1S/C16H17NO3/c18-16-11-4-5-12-15(20-8-19-12)13(11)10-3-1-2-9-6-7-17(16)14(9)10/h4-5,9-10,14H,1-3,6-8H2/t9-,10+,14+/m1/s1. The van der Waals surface area contributed by atoms with Crippen LogP contribution in [0.1, 0.15) is 47.5 Å². The van der Waals surface area contributed by atoms with E-state index in [4.69, 9.17) is 9.47 Å². The van der Waals surface area contributed by atoms with Crippen LogP contribution in [0.15, 0.2) is 12.1 Å². The maximum atomic E-state index is 12.8. The molecule has 4 aliphatic rings. The second-order valence-electron chi connectivity index (χ2n) is 6.34. The molecule has 1 aliphatic carbocycles.